The van der Waals surface area contributed by atoms with Gasteiger partial charge in [-0.1, -0.05) is 18.2 Å². The van der Waals surface area contributed by atoms with Crippen LogP contribution in [0.5, 0.6) is 11.5 Å². The molecule has 3 aromatic rings. The Morgan fingerprint density at radius 3 is 2.65 bits per heavy atom. The van der Waals surface area contributed by atoms with Crippen LogP contribution in [-0.2, 0) is 11.3 Å². The number of carbonyl (C=O) groups is 1. The quantitative estimate of drug-likeness (QED) is 0.672. The fourth-order valence-electron chi connectivity index (χ4n) is 2.47. The van der Waals surface area contributed by atoms with Crippen LogP contribution >= 0.6 is 0 Å². The summed E-state index contributed by atoms with van der Waals surface area (Å²) in [4.78, 5) is 20.6. The van der Waals surface area contributed by atoms with Crippen LogP contribution in [0, 0.1) is 0 Å². The number of ether oxygens (including phenoxy) is 2. The van der Waals surface area contributed by atoms with E-state index in [4.69, 9.17) is 9.47 Å². The van der Waals surface area contributed by atoms with Crippen molar-refractivity contribution in [3.63, 3.8) is 0 Å². The Hall–Kier alpha value is -3.35. The summed E-state index contributed by atoms with van der Waals surface area (Å²) in [5.41, 5.74) is 0.795. The second kappa shape index (κ2) is 8.66. The minimum atomic E-state index is -0.199. The number of pyridine rings is 1. The van der Waals surface area contributed by atoms with Gasteiger partial charge in [0.15, 0.2) is 23.9 Å². The molecule has 0 saturated carbocycles. The molecule has 0 aliphatic rings. The fourth-order valence-corrected chi connectivity index (χ4v) is 2.47. The lowest BCUT2D eigenvalue weighted by Crippen LogP contribution is -2.31. The van der Waals surface area contributed by atoms with Crippen LogP contribution in [0.25, 0.3) is 11.5 Å². The van der Waals surface area contributed by atoms with Gasteiger partial charge in [-0.05, 0) is 24.3 Å². The van der Waals surface area contributed by atoms with Crippen molar-refractivity contribution < 1.29 is 14.3 Å². The molecule has 2 aromatic heterocycles. The average molecular weight is 352 g/mol. The van der Waals surface area contributed by atoms with Gasteiger partial charge in [0.2, 0.25) is 0 Å². The second-order valence-electron chi connectivity index (χ2n) is 5.45. The minimum absolute atomic E-state index is 0.0720. The summed E-state index contributed by atoms with van der Waals surface area (Å²) < 4.78 is 12.6. The standard InChI is InChI=1S/C19H20N4O3/c1-25-16-7-2-3-8-17(16)26-14-18(24)21-10-12-23-13-11-22-19(23)15-6-4-5-9-20-15/h2-9,11,13H,10,12,14H2,1H3,(H,21,24). The molecule has 0 bridgehead atoms. The third-order valence-corrected chi connectivity index (χ3v) is 3.71. The van der Waals surface area contributed by atoms with Crippen molar-refractivity contribution in [1.82, 2.24) is 19.9 Å². The maximum absolute atomic E-state index is 12.0. The maximum atomic E-state index is 12.0. The number of methoxy groups -OCH3 is 1. The van der Waals surface area contributed by atoms with Gasteiger partial charge >= 0.3 is 0 Å². The van der Waals surface area contributed by atoms with E-state index in [0.29, 0.717) is 24.6 Å². The van der Waals surface area contributed by atoms with Gasteiger partial charge in [-0.3, -0.25) is 9.78 Å². The van der Waals surface area contributed by atoms with Gasteiger partial charge in [0.05, 0.1) is 7.11 Å². The highest BCUT2D eigenvalue weighted by Gasteiger charge is 2.09. The van der Waals surface area contributed by atoms with E-state index in [2.05, 4.69) is 15.3 Å². The first-order valence-corrected chi connectivity index (χ1v) is 8.23. The summed E-state index contributed by atoms with van der Waals surface area (Å²) in [5.74, 6) is 1.71. The molecule has 0 atom stereocenters. The van der Waals surface area contributed by atoms with E-state index in [1.165, 1.54) is 0 Å². The van der Waals surface area contributed by atoms with E-state index in [1.54, 1.807) is 31.6 Å². The van der Waals surface area contributed by atoms with E-state index >= 15 is 0 Å². The Morgan fingerprint density at radius 1 is 1.08 bits per heavy atom. The summed E-state index contributed by atoms with van der Waals surface area (Å²) in [5, 5.41) is 2.83. The molecule has 0 unspecified atom stereocenters. The van der Waals surface area contributed by atoms with Crippen LogP contribution in [-0.4, -0.2) is 40.7 Å². The molecule has 0 fully saturated rings. The molecule has 3 rings (SSSR count). The molecule has 2 heterocycles. The van der Waals surface area contributed by atoms with Gasteiger partial charge in [-0.2, -0.15) is 0 Å². The number of hydrogen-bond acceptors (Lipinski definition) is 5. The third-order valence-electron chi connectivity index (χ3n) is 3.71. The number of hydrogen-bond donors (Lipinski definition) is 1. The van der Waals surface area contributed by atoms with Crippen molar-refractivity contribution in [1.29, 1.82) is 0 Å². The van der Waals surface area contributed by atoms with Crippen molar-refractivity contribution in [2.24, 2.45) is 0 Å². The number of imidazole rings is 1. The monoisotopic (exact) mass is 352 g/mol. The molecule has 1 aromatic carbocycles. The fraction of sp³-hybridized carbons (Fsp3) is 0.211. The van der Waals surface area contributed by atoms with Crippen LogP contribution in [0.15, 0.2) is 61.1 Å². The Labute approximate surface area is 151 Å². The first-order chi connectivity index (χ1) is 12.8. The molecule has 0 spiro atoms. The van der Waals surface area contributed by atoms with Crippen LogP contribution in [0.2, 0.25) is 0 Å². The zero-order valence-corrected chi connectivity index (χ0v) is 14.5. The number of aromatic nitrogens is 3. The lowest BCUT2D eigenvalue weighted by Gasteiger charge is -2.11. The van der Waals surface area contributed by atoms with Gasteiger partial charge < -0.3 is 19.4 Å². The molecule has 1 amide bonds. The Kier molecular flexibility index (Phi) is 5.82. The summed E-state index contributed by atoms with van der Waals surface area (Å²) in [6, 6.07) is 12.9. The van der Waals surface area contributed by atoms with Crippen molar-refractivity contribution in [3.05, 3.63) is 61.1 Å². The zero-order chi connectivity index (χ0) is 18.2. The van der Waals surface area contributed by atoms with Gasteiger partial charge in [-0.25, -0.2) is 4.98 Å². The number of nitrogens with one attached hydrogen (secondary N) is 1. The molecule has 7 heteroatoms. The molecule has 1 N–H and O–H groups in total. The largest absolute Gasteiger partial charge is 0.493 e. The molecule has 0 saturated heterocycles. The van der Waals surface area contributed by atoms with Crippen LogP contribution in [0.4, 0.5) is 0 Å². The summed E-state index contributed by atoms with van der Waals surface area (Å²) in [7, 11) is 1.56. The molecular formula is C19H20N4O3. The van der Waals surface area contributed by atoms with E-state index in [9.17, 15) is 4.79 Å². The molecule has 26 heavy (non-hydrogen) atoms. The molecule has 0 aliphatic carbocycles. The van der Waals surface area contributed by atoms with Crippen molar-refractivity contribution in [2.75, 3.05) is 20.3 Å². The van der Waals surface area contributed by atoms with Crippen molar-refractivity contribution in [3.8, 4) is 23.0 Å². The molecule has 0 radical (unpaired) electrons. The van der Waals surface area contributed by atoms with Crippen LogP contribution in [0.3, 0.4) is 0 Å². The SMILES string of the molecule is COc1ccccc1OCC(=O)NCCn1ccnc1-c1ccccn1. The molecule has 0 aliphatic heterocycles. The highest BCUT2D eigenvalue weighted by atomic mass is 16.5. The molecule has 7 nitrogen and oxygen atoms in total. The summed E-state index contributed by atoms with van der Waals surface area (Å²) in [6.07, 6.45) is 5.31. The van der Waals surface area contributed by atoms with Gasteiger partial charge in [-0.15, -0.1) is 0 Å². The minimum Gasteiger partial charge on any atom is -0.493 e. The maximum Gasteiger partial charge on any atom is 0.258 e. The topological polar surface area (TPSA) is 78.3 Å². The number of carbonyl (C=O) groups excluding carboxylic acids is 1. The highest BCUT2D eigenvalue weighted by molar-refractivity contribution is 5.77. The number of benzene rings is 1. The average Bonchev–Trinajstić information content (AvgIpc) is 3.16. The van der Waals surface area contributed by atoms with E-state index in [1.807, 2.05) is 41.1 Å². The first kappa shape index (κ1) is 17.5. The number of nitrogens with zero attached hydrogens (tertiary/aromatic N) is 3. The lowest BCUT2D eigenvalue weighted by atomic mass is 10.3. The number of rotatable bonds is 8. The van der Waals surface area contributed by atoms with Crippen LogP contribution < -0.4 is 14.8 Å². The predicted molar refractivity (Wildman–Crippen MR) is 97.0 cm³/mol. The Bertz CT molecular complexity index is 849. The zero-order valence-electron chi connectivity index (χ0n) is 14.5. The van der Waals surface area contributed by atoms with Gasteiger partial charge in [0.25, 0.3) is 5.91 Å². The van der Waals surface area contributed by atoms with E-state index < -0.39 is 0 Å². The van der Waals surface area contributed by atoms with Crippen molar-refractivity contribution in [2.45, 2.75) is 6.54 Å². The van der Waals surface area contributed by atoms with Crippen LogP contribution in [0.1, 0.15) is 0 Å². The van der Waals surface area contributed by atoms with Gasteiger partial charge in [0, 0.05) is 31.7 Å². The number of amides is 1. The summed E-state index contributed by atoms with van der Waals surface area (Å²) >= 11 is 0. The third kappa shape index (κ3) is 4.38. The van der Waals surface area contributed by atoms with Gasteiger partial charge in [0.1, 0.15) is 5.69 Å². The predicted octanol–water partition coefficient (Wildman–Crippen LogP) is 2.15. The molecular weight excluding hydrogens is 332 g/mol. The second-order valence-corrected chi connectivity index (χ2v) is 5.45. The Balaban J connectivity index is 1.48. The lowest BCUT2D eigenvalue weighted by molar-refractivity contribution is -0.123. The highest BCUT2D eigenvalue weighted by Crippen LogP contribution is 2.25. The molecule has 134 valence electrons. The summed E-state index contributed by atoms with van der Waals surface area (Å²) in [6.45, 7) is 0.980. The smallest absolute Gasteiger partial charge is 0.258 e. The van der Waals surface area contributed by atoms with E-state index in [-0.39, 0.29) is 12.5 Å². The number of para-hydroxylation sites is 2. The Morgan fingerprint density at radius 2 is 1.88 bits per heavy atom. The normalized spacial score (nSPS) is 10.3. The first-order valence-electron chi connectivity index (χ1n) is 8.23. The van der Waals surface area contributed by atoms with E-state index in [0.717, 1.165) is 11.5 Å². The van der Waals surface area contributed by atoms with Crippen molar-refractivity contribution >= 4 is 5.91 Å².